The zero-order valence-corrected chi connectivity index (χ0v) is 14.9. The summed E-state index contributed by atoms with van der Waals surface area (Å²) < 4.78 is 11.2. The van der Waals surface area contributed by atoms with Gasteiger partial charge in [-0.25, -0.2) is 0 Å². The van der Waals surface area contributed by atoms with Crippen LogP contribution in [0.1, 0.15) is 5.56 Å². The second kappa shape index (κ2) is 8.93. The van der Waals surface area contributed by atoms with Crippen LogP contribution in [0.2, 0.25) is 0 Å². The first-order chi connectivity index (χ1) is 11.6. The van der Waals surface area contributed by atoms with Gasteiger partial charge in [0.05, 0.1) is 24.9 Å². The van der Waals surface area contributed by atoms with Crippen LogP contribution in [0, 0.1) is 0 Å². The molecule has 0 heterocycles. The van der Waals surface area contributed by atoms with E-state index in [0.29, 0.717) is 17.2 Å². The quantitative estimate of drug-likeness (QED) is 0.578. The van der Waals surface area contributed by atoms with E-state index in [0.717, 1.165) is 10.0 Å². The molecule has 0 saturated heterocycles. The van der Waals surface area contributed by atoms with Gasteiger partial charge in [-0.1, -0.05) is 23.4 Å². The lowest BCUT2D eigenvalue weighted by molar-refractivity contribution is -0.120. The maximum Gasteiger partial charge on any atom is 0.265 e. The molecule has 126 valence electrons. The van der Waals surface area contributed by atoms with Crippen LogP contribution >= 0.6 is 15.9 Å². The molecule has 0 aromatic heterocycles. The third kappa shape index (κ3) is 4.99. The van der Waals surface area contributed by atoms with Gasteiger partial charge in [-0.15, -0.1) is 0 Å². The van der Waals surface area contributed by atoms with Crippen LogP contribution in [0.15, 0.2) is 52.1 Å². The summed E-state index contributed by atoms with van der Waals surface area (Å²) in [4.78, 5) is 16.7. The van der Waals surface area contributed by atoms with Crippen LogP contribution in [0.5, 0.6) is 11.5 Å². The molecule has 0 bridgehead atoms. The third-order valence-electron chi connectivity index (χ3n) is 2.99. The molecule has 0 aliphatic heterocycles. The van der Waals surface area contributed by atoms with Crippen molar-refractivity contribution in [3.8, 4) is 11.5 Å². The van der Waals surface area contributed by atoms with Crippen molar-refractivity contribution in [1.29, 1.82) is 0 Å². The number of anilines is 1. The predicted molar refractivity (Wildman–Crippen MR) is 95.9 cm³/mol. The fourth-order valence-electron chi connectivity index (χ4n) is 1.92. The lowest BCUT2D eigenvalue weighted by Gasteiger charge is -2.10. The number of ether oxygens (including phenoxy) is 2. The highest BCUT2D eigenvalue weighted by atomic mass is 79.9. The molecule has 0 fully saturated rings. The van der Waals surface area contributed by atoms with Crippen molar-refractivity contribution >= 4 is 33.7 Å². The summed E-state index contributed by atoms with van der Waals surface area (Å²) in [5.74, 6) is 0.875. The fourth-order valence-corrected chi connectivity index (χ4v) is 2.55. The first-order valence-electron chi connectivity index (χ1n) is 7.05. The molecule has 0 unspecified atom stereocenters. The molecular weight excluding hydrogens is 376 g/mol. The molecule has 1 N–H and O–H groups in total. The average molecular weight is 393 g/mol. The van der Waals surface area contributed by atoms with Gasteiger partial charge < -0.3 is 19.6 Å². The van der Waals surface area contributed by atoms with Gasteiger partial charge in [0.25, 0.3) is 5.91 Å². The van der Waals surface area contributed by atoms with Crippen molar-refractivity contribution in [2.75, 3.05) is 26.1 Å². The highest BCUT2D eigenvalue weighted by Crippen LogP contribution is 2.35. The molecule has 0 aliphatic carbocycles. The Bertz CT molecular complexity index is 720. The minimum absolute atomic E-state index is 0.181. The molecule has 1 amide bonds. The third-order valence-corrected chi connectivity index (χ3v) is 3.57. The fraction of sp³-hybridized carbons (Fsp3) is 0.176. The maximum absolute atomic E-state index is 11.7. The van der Waals surface area contributed by atoms with Gasteiger partial charge in [0.1, 0.15) is 0 Å². The molecular formula is C17H17BrN2O4. The number of para-hydroxylation sites is 1. The van der Waals surface area contributed by atoms with Crippen molar-refractivity contribution < 1.29 is 19.1 Å². The number of nitrogens with one attached hydrogen (secondary N) is 1. The van der Waals surface area contributed by atoms with Crippen LogP contribution < -0.4 is 14.8 Å². The van der Waals surface area contributed by atoms with Crippen molar-refractivity contribution in [2.45, 2.75) is 0 Å². The van der Waals surface area contributed by atoms with Gasteiger partial charge in [-0.2, -0.15) is 0 Å². The molecule has 0 aliphatic rings. The lowest BCUT2D eigenvalue weighted by Crippen LogP contribution is -2.16. The van der Waals surface area contributed by atoms with Gasteiger partial charge >= 0.3 is 0 Å². The number of halogens is 1. The van der Waals surface area contributed by atoms with Crippen LogP contribution in [0.25, 0.3) is 0 Å². The molecule has 6 nitrogen and oxygen atoms in total. The molecule has 0 atom stereocenters. The molecule has 0 radical (unpaired) electrons. The number of benzene rings is 2. The first kappa shape index (κ1) is 17.8. The summed E-state index contributed by atoms with van der Waals surface area (Å²) in [6.07, 6.45) is 1.49. The number of hydrogen-bond donors (Lipinski definition) is 1. The van der Waals surface area contributed by atoms with E-state index in [1.807, 2.05) is 18.2 Å². The summed E-state index contributed by atoms with van der Waals surface area (Å²) in [6, 6.07) is 12.7. The Hall–Kier alpha value is -2.54. The second-order valence-electron chi connectivity index (χ2n) is 4.66. The number of rotatable bonds is 7. The first-order valence-corrected chi connectivity index (χ1v) is 7.85. The lowest BCUT2D eigenvalue weighted by atomic mass is 10.2. The van der Waals surface area contributed by atoms with Gasteiger partial charge in [0.15, 0.2) is 18.1 Å². The van der Waals surface area contributed by atoms with Crippen LogP contribution in [-0.4, -0.2) is 32.9 Å². The smallest absolute Gasteiger partial charge is 0.265 e. The number of carbonyl (C=O) groups is 1. The minimum Gasteiger partial charge on any atom is -0.493 e. The Morgan fingerprint density at radius 2 is 1.96 bits per heavy atom. The predicted octanol–water partition coefficient (Wildman–Crippen LogP) is 3.46. The van der Waals surface area contributed by atoms with E-state index in [1.54, 1.807) is 38.5 Å². The monoisotopic (exact) mass is 392 g/mol. The van der Waals surface area contributed by atoms with Crippen molar-refractivity contribution in [1.82, 2.24) is 0 Å². The minimum atomic E-state index is -0.285. The number of hydrogen-bond acceptors (Lipinski definition) is 5. The van der Waals surface area contributed by atoms with Crippen molar-refractivity contribution in [3.05, 3.63) is 52.5 Å². The van der Waals surface area contributed by atoms with E-state index < -0.39 is 0 Å². The zero-order chi connectivity index (χ0) is 17.4. The van der Waals surface area contributed by atoms with Gasteiger partial charge in [-0.3, -0.25) is 4.79 Å². The Balaban J connectivity index is 1.90. The topological polar surface area (TPSA) is 69.2 Å². The molecule has 2 aromatic carbocycles. The Morgan fingerprint density at radius 1 is 1.21 bits per heavy atom. The van der Waals surface area contributed by atoms with E-state index in [4.69, 9.17) is 14.3 Å². The Kier molecular flexibility index (Phi) is 6.62. The maximum atomic E-state index is 11.7. The van der Waals surface area contributed by atoms with Gasteiger partial charge in [-0.05, 0) is 40.2 Å². The van der Waals surface area contributed by atoms with E-state index in [1.165, 1.54) is 6.21 Å². The highest BCUT2D eigenvalue weighted by molar-refractivity contribution is 9.10. The van der Waals surface area contributed by atoms with Crippen LogP contribution in [0.3, 0.4) is 0 Å². The van der Waals surface area contributed by atoms with E-state index in [2.05, 4.69) is 26.4 Å². The Morgan fingerprint density at radius 3 is 2.62 bits per heavy atom. The molecule has 24 heavy (non-hydrogen) atoms. The summed E-state index contributed by atoms with van der Waals surface area (Å²) in [7, 11) is 3.11. The number of amides is 1. The average Bonchev–Trinajstić information content (AvgIpc) is 2.59. The van der Waals surface area contributed by atoms with Crippen LogP contribution in [-0.2, 0) is 9.63 Å². The molecule has 7 heteroatoms. The van der Waals surface area contributed by atoms with Crippen LogP contribution in [0.4, 0.5) is 5.69 Å². The molecule has 2 rings (SSSR count). The SMILES string of the molecule is COc1cc(C=NOCC(=O)Nc2ccccc2)cc(Br)c1OC. The highest BCUT2D eigenvalue weighted by Gasteiger charge is 2.09. The van der Waals surface area contributed by atoms with Crippen molar-refractivity contribution in [2.24, 2.45) is 5.16 Å². The molecule has 0 saturated carbocycles. The number of methoxy groups -OCH3 is 2. The van der Waals surface area contributed by atoms with Gasteiger partial charge in [0, 0.05) is 11.3 Å². The summed E-state index contributed by atoms with van der Waals surface area (Å²) in [6.45, 7) is -0.181. The van der Waals surface area contributed by atoms with Crippen molar-refractivity contribution in [3.63, 3.8) is 0 Å². The normalized spacial score (nSPS) is 10.5. The zero-order valence-electron chi connectivity index (χ0n) is 13.3. The summed E-state index contributed by atoms with van der Waals surface area (Å²) in [5, 5.41) is 6.49. The largest absolute Gasteiger partial charge is 0.493 e. The number of nitrogens with zero attached hydrogens (tertiary/aromatic N) is 1. The summed E-state index contributed by atoms with van der Waals surface area (Å²) in [5.41, 5.74) is 1.45. The second-order valence-corrected chi connectivity index (χ2v) is 5.51. The summed E-state index contributed by atoms with van der Waals surface area (Å²) >= 11 is 3.40. The number of carbonyl (C=O) groups excluding carboxylic acids is 1. The standard InChI is InChI=1S/C17H17BrN2O4/c1-22-15-9-12(8-14(18)17(15)23-2)10-19-24-11-16(21)20-13-6-4-3-5-7-13/h3-10H,11H2,1-2H3,(H,20,21). The van der Waals surface area contributed by atoms with E-state index >= 15 is 0 Å². The van der Waals surface area contributed by atoms with Gasteiger partial charge in [0.2, 0.25) is 0 Å². The molecule has 2 aromatic rings. The Labute approximate surface area is 148 Å². The molecule has 0 spiro atoms. The van der Waals surface area contributed by atoms with E-state index in [-0.39, 0.29) is 12.5 Å². The van der Waals surface area contributed by atoms with E-state index in [9.17, 15) is 4.79 Å². The number of oxime groups is 1.